The van der Waals surface area contributed by atoms with Crippen LogP contribution in [-0.2, 0) is 19.1 Å². The molecule has 4 heteroatoms. The van der Waals surface area contributed by atoms with Crippen molar-refractivity contribution in [2.45, 2.75) is 79.8 Å². The minimum Gasteiger partial charge on any atom is -0.460 e. The molecule has 2 atom stereocenters. The molecule has 0 aromatic carbocycles. The van der Waals surface area contributed by atoms with Crippen LogP contribution in [0.3, 0.4) is 0 Å². The Morgan fingerprint density at radius 3 is 2.18 bits per heavy atom. The van der Waals surface area contributed by atoms with Crippen LogP contribution in [0.25, 0.3) is 0 Å². The molecule has 0 heterocycles. The molecule has 0 bridgehead atoms. The molecule has 128 valence electrons. The highest BCUT2D eigenvalue weighted by Gasteiger charge is 2.36. The first kappa shape index (κ1) is 19.0. The molecular weight excluding hydrogens is 280 g/mol. The lowest BCUT2D eigenvalue weighted by Crippen LogP contribution is -2.39. The zero-order valence-corrected chi connectivity index (χ0v) is 15.0. The molecule has 0 radical (unpaired) electrons. The zero-order valence-electron chi connectivity index (χ0n) is 15.0. The molecule has 1 aliphatic rings. The van der Waals surface area contributed by atoms with Gasteiger partial charge >= 0.3 is 11.9 Å². The van der Waals surface area contributed by atoms with Gasteiger partial charge in [-0.2, -0.15) is 0 Å². The van der Waals surface area contributed by atoms with Crippen molar-refractivity contribution in [1.29, 1.82) is 0 Å². The number of carbonyl (C=O) groups is 2. The van der Waals surface area contributed by atoms with E-state index < -0.39 is 11.4 Å². The fourth-order valence-electron chi connectivity index (χ4n) is 2.90. The van der Waals surface area contributed by atoms with Crippen molar-refractivity contribution in [2.24, 2.45) is 16.7 Å². The monoisotopic (exact) mass is 312 g/mol. The molecule has 4 nitrogen and oxygen atoms in total. The topological polar surface area (TPSA) is 52.6 Å². The Bertz CT molecular complexity index is 392. The molecule has 1 saturated carbocycles. The average molecular weight is 312 g/mol. The summed E-state index contributed by atoms with van der Waals surface area (Å²) in [5.41, 5.74) is -0.439. The Labute approximate surface area is 134 Å². The van der Waals surface area contributed by atoms with Gasteiger partial charge in [0.25, 0.3) is 0 Å². The molecule has 0 spiro atoms. The second-order valence-corrected chi connectivity index (χ2v) is 8.10. The summed E-state index contributed by atoms with van der Waals surface area (Å²) in [4.78, 5) is 23.9. The van der Waals surface area contributed by atoms with E-state index in [4.69, 9.17) is 9.47 Å². The van der Waals surface area contributed by atoms with Crippen LogP contribution in [0.2, 0.25) is 0 Å². The first-order valence-corrected chi connectivity index (χ1v) is 8.44. The van der Waals surface area contributed by atoms with Gasteiger partial charge in [0, 0.05) is 5.92 Å². The van der Waals surface area contributed by atoms with Crippen molar-refractivity contribution in [3.05, 3.63) is 0 Å². The molecular formula is C18H32O4. The molecule has 1 rings (SSSR count). The molecule has 0 aromatic rings. The van der Waals surface area contributed by atoms with Gasteiger partial charge in [-0.15, -0.1) is 0 Å². The second kappa shape index (κ2) is 7.47. The molecule has 22 heavy (non-hydrogen) atoms. The van der Waals surface area contributed by atoms with Gasteiger partial charge in [-0.1, -0.05) is 34.1 Å². The maximum Gasteiger partial charge on any atom is 0.344 e. The van der Waals surface area contributed by atoms with Gasteiger partial charge < -0.3 is 9.47 Å². The standard InChI is InChI=1S/C18H32O4/c1-7-18(5,6)16(20)21-12-15(19)22-14-11-9-8-10-13(14)17(2,3)4/h13-14H,7-12H2,1-6H3. The number of esters is 2. The fourth-order valence-corrected chi connectivity index (χ4v) is 2.90. The van der Waals surface area contributed by atoms with Gasteiger partial charge in [-0.25, -0.2) is 4.79 Å². The van der Waals surface area contributed by atoms with Crippen molar-refractivity contribution in [3.8, 4) is 0 Å². The van der Waals surface area contributed by atoms with Crippen LogP contribution in [0.15, 0.2) is 0 Å². The van der Waals surface area contributed by atoms with Crippen LogP contribution < -0.4 is 0 Å². The molecule has 0 saturated heterocycles. The smallest absolute Gasteiger partial charge is 0.344 e. The fraction of sp³-hybridized carbons (Fsp3) is 0.889. The third kappa shape index (κ3) is 5.29. The summed E-state index contributed by atoms with van der Waals surface area (Å²) in [5, 5.41) is 0. The number of rotatable bonds is 5. The van der Waals surface area contributed by atoms with E-state index in [1.165, 1.54) is 6.42 Å². The van der Waals surface area contributed by atoms with Crippen molar-refractivity contribution < 1.29 is 19.1 Å². The normalized spacial score (nSPS) is 23.0. The Kier molecular flexibility index (Phi) is 6.45. The highest BCUT2D eigenvalue weighted by atomic mass is 16.6. The van der Waals surface area contributed by atoms with Crippen LogP contribution in [0.4, 0.5) is 0 Å². The van der Waals surface area contributed by atoms with E-state index in [9.17, 15) is 9.59 Å². The molecule has 0 amide bonds. The van der Waals surface area contributed by atoms with Crippen molar-refractivity contribution in [2.75, 3.05) is 6.61 Å². The third-order valence-corrected chi connectivity index (χ3v) is 4.86. The number of hydrogen-bond donors (Lipinski definition) is 0. The van der Waals surface area contributed by atoms with Gasteiger partial charge in [0.2, 0.25) is 0 Å². The minimum absolute atomic E-state index is 0.0564. The highest BCUT2D eigenvalue weighted by Crippen LogP contribution is 2.39. The minimum atomic E-state index is -0.556. The van der Waals surface area contributed by atoms with Gasteiger partial charge in [0.05, 0.1) is 5.41 Å². The predicted molar refractivity (Wildman–Crippen MR) is 86.3 cm³/mol. The highest BCUT2D eigenvalue weighted by molar-refractivity contribution is 5.79. The van der Waals surface area contributed by atoms with E-state index in [1.807, 2.05) is 20.8 Å². The van der Waals surface area contributed by atoms with Gasteiger partial charge in [-0.05, 0) is 44.9 Å². The lowest BCUT2D eigenvalue weighted by atomic mass is 9.71. The predicted octanol–water partition coefficient (Wildman–Crippen LogP) is 4.11. The largest absolute Gasteiger partial charge is 0.460 e. The van der Waals surface area contributed by atoms with Gasteiger partial charge in [0.1, 0.15) is 6.10 Å². The van der Waals surface area contributed by atoms with Crippen molar-refractivity contribution in [3.63, 3.8) is 0 Å². The Morgan fingerprint density at radius 1 is 1.05 bits per heavy atom. The quantitative estimate of drug-likeness (QED) is 0.717. The van der Waals surface area contributed by atoms with E-state index in [0.29, 0.717) is 12.3 Å². The van der Waals surface area contributed by atoms with Crippen LogP contribution in [0.5, 0.6) is 0 Å². The summed E-state index contributed by atoms with van der Waals surface area (Å²) < 4.78 is 10.7. The summed E-state index contributed by atoms with van der Waals surface area (Å²) in [6.45, 7) is 11.8. The van der Waals surface area contributed by atoms with Crippen molar-refractivity contribution in [1.82, 2.24) is 0 Å². The number of carbonyl (C=O) groups excluding carboxylic acids is 2. The summed E-state index contributed by atoms with van der Waals surface area (Å²) >= 11 is 0. The first-order valence-electron chi connectivity index (χ1n) is 8.44. The van der Waals surface area contributed by atoms with Crippen LogP contribution in [0.1, 0.15) is 73.6 Å². The van der Waals surface area contributed by atoms with Gasteiger partial charge in [0.15, 0.2) is 6.61 Å². The van der Waals surface area contributed by atoms with E-state index in [-0.39, 0.29) is 24.1 Å². The maximum absolute atomic E-state index is 12.0. The van der Waals surface area contributed by atoms with E-state index >= 15 is 0 Å². The van der Waals surface area contributed by atoms with Crippen LogP contribution in [-0.4, -0.2) is 24.6 Å². The molecule has 0 aliphatic heterocycles. The third-order valence-electron chi connectivity index (χ3n) is 4.86. The molecule has 2 unspecified atom stereocenters. The van der Waals surface area contributed by atoms with Crippen LogP contribution in [0, 0.1) is 16.7 Å². The SMILES string of the molecule is CCC(C)(C)C(=O)OCC(=O)OC1CCCCC1C(C)(C)C. The summed E-state index contributed by atoms with van der Waals surface area (Å²) in [5.74, 6) is -0.405. The summed E-state index contributed by atoms with van der Waals surface area (Å²) in [7, 11) is 0. The van der Waals surface area contributed by atoms with Gasteiger partial charge in [-0.3, -0.25) is 4.79 Å². The van der Waals surface area contributed by atoms with E-state index in [1.54, 1.807) is 0 Å². The average Bonchev–Trinajstić information content (AvgIpc) is 2.44. The molecule has 1 aliphatic carbocycles. The van der Waals surface area contributed by atoms with Crippen molar-refractivity contribution >= 4 is 11.9 Å². The zero-order chi connectivity index (χ0) is 17.0. The van der Waals surface area contributed by atoms with Crippen LogP contribution >= 0.6 is 0 Å². The second-order valence-electron chi connectivity index (χ2n) is 8.10. The van der Waals surface area contributed by atoms with E-state index in [0.717, 1.165) is 19.3 Å². The Balaban J connectivity index is 2.51. The molecule has 0 N–H and O–H groups in total. The lowest BCUT2D eigenvalue weighted by molar-refractivity contribution is -0.171. The summed E-state index contributed by atoms with van der Waals surface area (Å²) in [6, 6.07) is 0. The Morgan fingerprint density at radius 2 is 1.64 bits per heavy atom. The lowest BCUT2D eigenvalue weighted by Gasteiger charge is -2.39. The van der Waals surface area contributed by atoms with E-state index in [2.05, 4.69) is 20.8 Å². The summed E-state index contributed by atoms with van der Waals surface area (Å²) in [6.07, 6.45) is 4.89. The maximum atomic E-state index is 12.0. The molecule has 1 fully saturated rings. The first-order chi connectivity index (χ1) is 10.1. The molecule has 0 aromatic heterocycles. The number of hydrogen-bond acceptors (Lipinski definition) is 4. The Hall–Kier alpha value is -1.06. The number of ether oxygens (including phenoxy) is 2.